The number of anilines is 1. The summed E-state index contributed by atoms with van der Waals surface area (Å²) in [5.74, 6) is -0.103. The summed E-state index contributed by atoms with van der Waals surface area (Å²) < 4.78 is 22.9. The molecule has 0 aromatic heterocycles. The van der Waals surface area contributed by atoms with Gasteiger partial charge in [0.25, 0.3) is 0 Å². The number of nitrogens with one attached hydrogen (secondary N) is 2. The van der Waals surface area contributed by atoms with Crippen LogP contribution in [0.4, 0.5) is 5.69 Å². The smallest absolute Gasteiger partial charge is 0.228 e. The molecule has 7 heteroatoms. The number of rotatable bonds is 3. The second kappa shape index (κ2) is 7.06. The highest BCUT2D eigenvalue weighted by Gasteiger charge is 2.21. The van der Waals surface area contributed by atoms with Crippen LogP contribution in [0.25, 0.3) is 0 Å². The monoisotopic (exact) mass is 318 g/mol. The van der Waals surface area contributed by atoms with Crippen molar-refractivity contribution in [2.45, 2.75) is 17.7 Å². The van der Waals surface area contributed by atoms with Crippen LogP contribution in [0.3, 0.4) is 0 Å². The van der Waals surface area contributed by atoms with E-state index < -0.39 is 9.84 Å². The average Bonchev–Trinajstić information content (AvgIpc) is 2.39. The van der Waals surface area contributed by atoms with Crippen LogP contribution in [-0.2, 0) is 14.6 Å². The first-order valence-corrected chi connectivity index (χ1v) is 8.17. The zero-order valence-corrected chi connectivity index (χ0v) is 12.9. The maximum atomic E-state index is 12.0. The Balaban J connectivity index is 0.00000200. The Labute approximate surface area is 125 Å². The van der Waals surface area contributed by atoms with Crippen LogP contribution in [-0.4, -0.2) is 33.7 Å². The Morgan fingerprint density at radius 3 is 2.75 bits per heavy atom. The van der Waals surface area contributed by atoms with Gasteiger partial charge in [0.1, 0.15) is 0 Å². The molecule has 1 saturated heterocycles. The van der Waals surface area contributed by atoms with E-state index in [1.54, 1.807) is 12.1 Å². The van der Waals surface area contributed by atoms with Gasteiger partial charge in [0.2, 0.25) is 5.91 Å². The van der Waals surface area contributed by atoms with E-state index in [9.17, 15) is 13.2 Å². The van der Waals surface area contributed by atoms with Gasteiger partial charge in [-0.1, -0.05) is 6.07 Å². The third kappa shape index (κ3) is 4.47. The van der Waals surface area contributed by atoms with Crippen molar-refractivity contribution in [3.8, 4) is 0 Å². The standard InChI is InChI=1S/C13H18N2O3S.ClH/c1-19(17,18)12-6-2-5-11(8-12)15-13(16)10-4-3-7-14-9-10;/h2,5-6,8,10,14H,3-4,7,9H2,1H3,(H,15,16);1H/t10-;/m1./s1. The van der Waals surface area contributed by atoms with E-state index in [2.05, 4.69) is 10.6 Å². The van der Waals surface area contributed by atoms with Crippen molar-refractivity contribution in [2.75, 3.05) is 24.7 Å². The zero-order chi connectivity index (χ0) is 13.9. The molecule has 0 saturated carbocycles. The Kier molecular flexibility index (Phi) is 5.98. The van der Waals surface area contributed by atoms with E-state index in [1.807, 2.05) is 0 Å². The van der Waals surface area contributed by atoms with Crippen molar-refractivity contribution >= 4 is 33.8 Å². The molecular formula is C13H19ClN2O3S. The highest BCUT2D eigenvalue weighted by Crippen LogP contribution is 2.17. The first-order chi connectivity index (χ1) is 8.97. The minimum atomic E-state index is -3.25. The van der Waals surface area contributed by atoms with Gasteiger partial charge in [-0.3, -0.25) is 4.79 Å². The van der Waals surface area contributed by atoms with Gasteiger partial charge in [0.05, 0.1) is 10.8 Å². The Bertz CT molecular complexity index is 569. The largest absolute Gasteiger partial charge is 0.326 e. The van der Waals surface area contributed by atoms with Crippen LogP contribution >= 0.6 is 12.4 Å². The lowest BCUT2D eigenvalue weighted by atomic mass is 9.99. The number of hydrogen-bond acceptors (Lipinski definition) is 4. The maximum absolute atomic E-state index is 12.0. The molecular weight excluding hydrogens is 300 g/mol. The van der Waals surface area contributed by atoms with E-state index in [0.29, 0.717) is 12.2 Å². The summed E-state index contributed by atoms with van der Waals surface area (Å²) in [6.07, 6.45) is 3.01. The van der Waals surface area contributed by atoms with Crippen molar-refractivity contribution in [2.24, 2.45) is 5.92 Å². The molecule has 1 aromatic carbocycles. The summed E-state index contributed by atoms with van der Waals surface area (Å²) >= 11 is 0. The van der Waals surface area contributed by atoms with Crippen molar-refractivity contribution in [1.29, 1.82) is 0 Å². The third-order valence-corrected chi connectivity index (χ3v) is 4.31. The van der Waals surface area contributed by atoms with E-state index in [0.717, 1.165) is 25.6 Å². The summed E-state index contributed by atoms with van der Waals surface area (Å²) in [5.41, 5.74) is 0.526. The number of carbonyl (C=O) groups excluding carboxylic acids is 1. The second-order valence-corrected chi connectivity index (χ2v) is 6.85. The fraction of sp³-hybridized carbons (Fsp3) is 0.462. The topological polar surface area (TPSA) is 75.3 Å². The summed E-state index contributed by atoms with van der Waals surface area (Å²) in [6.45, 7) is 1.63. The molecule has 112 valence electrons. The molecule has 1 amide bonds. The molecule has 20 heavy (non-hydrogen) atoms. The molecule has 1 fully saturated rings. The first kappa shape index (κ1) is 16.9. The van der Waals surface area contributed by atoms with Crippen LogP contribution in [0.2, 0.25) is 0 Å². The van der Waals surface area contributed by atoms with E-state index >= 15 is 0 Å². The average molecular weight is 319 g/mol. The molecule has 1 aromatic rings. The Morgan fingerprint density at radius 2 is 2.15 bits per heavy atom. The van der Waals surface area contributed by atoms with Gasteiger partial charge in [-0.15, -0.1) is 12.4 Å². The summed E-state index contributed by atoms with van der Waals surface area (Å²) in [6, 6.07) is 6.34. The SMILES string of the molecule is CS(=O)(=O)c1cccc(NC(=O)[C@@H]2CCCNC2)c1.Cl. The van der Waals surface area contributed by atoms with E-state index in [-0.39, 0.29) is 29.1 Å². The molecule has 0 spiro atoms. The third-order valence-electron chi connectivity index (χ3n) is 3.20. The Morgan fingerprint density at radius 1 is 1.40 bits per heavy atom. The van der Waals surface area contributed by atoms with Crippen LogP contribution in [0, 0.1) is 5.92 Å². The van der Waals surface area contributed by atoms with Gasteiger partial charge >= 0.3 is 0 Å². The van der Waals surface area contributed by atoms with Crippen molar-refractivity contribution in [3.05, 3.63) is 24.3 Å². The van der Waals surface area contributed by atoms with Gasteiger partial charge < -0.3 is 10.6 Å². The fourth-order valence-electron chi connectivity index (χ4n) is 2.12. The molecule has 1 aliphatic rings. The van der Waals surface area contributed by atoms with Gasteiger partial charge in [-0.2, -0.15) is 0 Å². The zero-order valence-electron chi connectivity index (χ0n) is 11.3. The number of benzene rings is 1. The van der Waals surface area contributed by atoms with Gasteiger partial charge in [-0.25, -0.2) is 8.42 Å². The number of sulfone groups is 1. The predicted octanol–water partition coefficient (Wildman–Crippen LogP) is 1.45. The normalized spacial score (nSPS) is 18.9. The van der Waals surface area contributed by atoms with Gasteiger partial charge in [0.15, 0.2) is 9.84 Å². The maximum Gasteiger partial charge on any atom is 0.228 e. The number of piperidine rings is 1. The van der Waals surface area contributed by atoms with E-state index in [1.165, 1.54) is 12.1 Å². The predicted molar refractivity (Wildman–Crippen MR) is 81.0 cm³/mol. The molecule has 0 radical (unpaired) electrons. The summed E-state index contributed by atoms with van der Waals surface area (Å²) in [7, 11) is -3.25. The van der Waals surface area contributed by atoms with Gasteiger partial charge in [0, 0.05) is 18.5 Å². The highest BCUT2D eigenvalue weighted by atomic mass is 35.5. The van der Waals surface area contributed by atoms with Crippen molar-refractivity contribution in [3.63, 3.8) is 0 Å². The fourth-order valence-corrected chi connectivity index (χ4v) is 2.79. The minimum absolute atomic E-state index is 0. The molecule has 2 N–H and O–H groups in total. The molecule has 2 rings (SSSR count). The highest BCUT2D eigenvalue weighted by molar-refractivity contribution is 7.90. The summed E-state index contributed by atoms with van der Waals surface area (Å²) in [5, 5.41) is 5.96. The number of amides is 1. The molecule has 1 heterocycles. The lowest BCUT2D eigenvalue weighted by Crippen LogP contribution is -2.37. The van der Waals surface area contributed by atoms with Crippen LogP contribution in [0.1, 0.15) is 12.8 Å². The lowest BCUT2D eigenvalue weighted by Gasteiger charge is -2.21. The number of halogens is 1. The molecule has 0 bridgehead atoms. The quantitative estimate of drug-likeness (QED) is 0.884. The minimum Gasteiger partial charge on any atom is -0.326 e. The second-order valence-electron chi connectivity index (χ2n) is 4.83. The van der Waals surface area contributed by atoms with Gasteiger partial charge in [-0.05, 0) is 37.6 Å². The molecule has 1 atom stereocenters. The first-order valence-electron chi connectivity index (χ1n) is 6.28. The molecule has 5 nitrogen and oxygen atoms in total. The molecule has 1 aliphatic heterocycles. The Hall–Kier alpha value is -1.11. The lowest BCUT2D eigenvalue weighted by molar-refractivity contribution is -0.120. The van der Waals surface area contributed by atoms with E-state index in [4.69, 9.17) is 0 Å². The van der Waals surface area contributed by atoms with Crippen molar-refractivity contribution in [1.82, 2.24) is 5.32 Å². The molecule has 0 unspecified atom stereocenters. The van der Waals surface area contributed by atoms with Crippen LogP contribution < -0.4 is 10.6 Å². The van der Waals surface area contributed by atoms with Crippen LogP contribution in [0.15, 0.2) is 29.2 Å². The molecule has 0 aliphatic carbocycles. The number of hydrogen-bond donors (Lipinski definition) is 2. The van der Waals surface area contributed by atoms with Crippen LogP contribution in [0.5, 0.6) is 0 Å². The summed E-state index contributed by atoms with van der Waals surface area (Å²) in [4.78, 5) is 12.2. The van der Waals surface area contributed by atoms with Crippen molar-refractivity contribution < 1.29 is 13.2 Å². The number of carbonyl (C=O) groups is 1.